The number of thiophene rings is 1. The molecule has 3 heterocycles. The molecule has 3 amide bonds. The van der Waals surface area contributed by atoms with E-state index in [1.54, 1.807) is 23.5 Å². The standard InChI is InChI=1S/C18H19N5O3S2/c24-16(20-17(25)19-10-13-3-1-7-26-13)11-28-18-22-21-15(23(18)12-5-6-12)9-14-4-2-8-27-14/h1-4,7-8,12H,5-6,9-11H2,(H2,19,20,24,25). The highest BCUT2D eigenvalue weighted by atomic mass is 32.2. The van der Waals surface area contributed by atoms with Crippen LogP contribution in [0.5, 0.6) is 0 Å². The monoisotopic (exact) mass is 417 g/mol. The van der Waals surface area contributed by atoms with Crippen LogP contribution in [0.4, 0.5) is 4.79 Å². The van der Waals surface area contributed by atoms with Gasteiger partial charge in [0.2, 0.25) is 5.91 Å². The Kier molecular flexibility index (Phi) is 5.77. The summed E-state index contributed by atoms with van der Waals surface area (Å²) in [5, 5.41) is 16.3. The van der Waals surface area contributed by atoms with Gasteiger partial charge in [-0.15, -0.1) is 21.5 Å². The van der Waals surface area contributed by atoms with Gasteiger partial charge < -0.3 is 14.3 Å². The number of aromatic nitrogens is 3. The molecule has 28 heavy (non-hydrogen) atoms. The van der Waals surface area contributed by atoms with Crippen molar-refractivity contribution in [3.63, 3.8) is 0 Å². The third-order valence-electron chi connectivity index (χ3n) is 4.15. The van der Waals surface area contributed by atoms with Crippen molar-refractivity contribution < 1.29 is 14.0 Å². The summed E-state index contributed by atoms with van der Waals surface area (Å²) in [5.74, 6) is 1.25. The number of hydrogen-bond donors (Lipinski definition) is 2. The number of hydrogen-bond acceptors (Lipinski definition) is 7. The fourth-order valence-electron chi connectivity index (χ4n) is 2.71. The van der Waals surface area contributed by atoms with Crippen LogP contribution >= 0.6 is 23.1 Å². The first-order valence-corrected chi connectivity index (χ1v) is 10.7. The lowest BCUT2D eigenvalue weighted by molar-refractivity contribution is -0.117. The number of carbonyl (C=O) groups excluding carboxylic acids is 2. The van der Waals surface area contributed by atoms with Crippen LogP contribution in [-0.2, 0) is 17.8 Å². The number of carbonyl (C=O) groups is 2. The molecular formula is C18H19N5O3S2. The Morgan fingerprint density at radius 1 is 1.29 bits per heavy atom. The maximum absolute atomic E-state index is 12.1. The summed E-state index contributed by atoms with van der Waals surface area (Å²) < 4.78 is 7.26. The zero-order valence-corrected chi connectivity index (χ0v) is 16.6. The molecule has 1 aliphatic carbocycles. The molecule has 8 nitrogen and oxygen atoms in total. The molecule has 0 aromatic carbocycles. The minimum absolute atomic E-state index is 0.0953. The van der Waals surface area contributed by atoms with Gasteiger partial charge in [-0.1, -0.05) is 17.8 Å². The van der Waals surface area contributed by atoms with Crippen molar-refractivity contribution >= 4 is 35.0 Å². The lowest BCUT2D eigenvalue weighted by Crippen LogP contribution is -2.39. The zero-order valence-electron chi connectivity index (χ0n) is 15.0. The summed E-state index contributed by atoms with van der Waals surface area (Å²) in [5.41, 5.74) is 0. The van der Waals surface area contributed by atoms with Crippen molar-refractivity contribution in [2.45, 2.75) is 37.0 Å². The number of nitrogens with one attached hydrogen (secondary N) is 2. The second-order valence-electron chi connectivity index (χ2n) is 6.36. The SMILES string of the molecule is O=C(CSc1nnc(Cc2cccs2)n1C1CC1)NC(=O)NCc1ccco1. The second kappa shape index (κ2) is 8.61. The summed E-state index contributed by atoms with van der Waals surface area (Å²) in [6, 6.07) is 7.44. The second-order valence-corrected chi connectivity index (χ2v) is 8.33. The fourth-order valence-corrected chi connectivity index (χ4v) is 4.24. The molecule has 0 unspecified atom stereocenters. The lowest BCUT2D eigenvalue weighted by Gasteiger charge is -2.08. The van der Waals surface area contributed by atoms with Gasteiger partial charge in [0, 0.05) is 17.3 Å². The molecule has 3 aromatic heterocycles. The molecule has 0 bridgehead atoms. The summed E-state index contributed by atoms with van der Waals surface area (Å²) >= 11 is 2.99. The van der Waals surface area contributed by atoms with E-state index < -0.39 is 6.03 Å². The van der Waals surface area contributed by atoms with Gasteiger partial charge in [-0.05, 0) is 36.4 Å². The smallest absolute Gasteiger partial charge is 0.321 e. The van der Waals surface area contributed by atoms with Crippen molar-refractivity contribution in [3.05, 3.63) is 52.4 Å². The van der Waals surface area contributed by atoms with E-state index in [-0.39, 0.29) is 18.2 Å². The third kappa shape index (κ3) is 4.82. The summed E-state index contributed by atoms with van der Waals surface area (Å²) in [4.78, 5) is 25.1. The Labute approximate surface area is 169 Å². The van der Waals surface area contributed by atoms with E-state index in [1.165, 1.54) is 22.9 Å². The number of rotatable bonds is 8. The first-order valence-electron chi connectivity index (χ1n) is 8.88. The average molecular weight is 418 g/mol. The number of urea groups is 1. The lowest BCUT2D eigenvalue weighted by atomic mass is 10.3. The molecule has 0 saturated heterocycles. The van der Waals surface area contributed by atoms with Crippen LogP contribution in [-0.4, -0.2) is 32.5 Å². The average Bonchev–Trinajstić information content (AvgIpc) is 3.08. The van der Waals surface area contributed by atoms with E-state index in [9.17, 15) is 9.59 Å². The number of furan rings is 1. The molecule has 3 aromatic rings. The molecule has 146 valence electrons. The Hall–Kier alpha value is -2.59. The predicted molar refractivity (Wildman–Crippen MR) is 105 cm³/mol. The number of thioether (sulfide) groups is 1. The van der Waals surface area contributed by atoms with Crippen molar-refractivity contribution in [2.75, 3.05) is 5.75 Å². The summed E-state index contributed by atoms with van der Waals surface area (Å²) in [6.45, 7) is 0.224. The highest BCUT2D eigenvalue weighted by Crippen LogP contribution is 2.39. The van der Waals surface area contributed by atoms with Gasteiger partial charge in [-0.3, -0.25) is 10.1 Å². The molecular weight excluding hydrogens is 398 g/mol. The Balaban J connectivity index is 1.30. The van der Waals surface area contributed by atoms with E-state index in [1.807, 2.05) is 11.4 Å². The van der Waals surface area contributed by atoms with Gasteiger partial charge in [-0.2, -0.15) is 0 Å². The van der Waals surface area contributed by atoms with Crippen LogP contribution in [0.1, 0.15) is 35.3 Å². The van der Waals surface area contributed by atoms with Gasteiger partial charge in [0.1, 0.15) is 11.6 Å². The molecule has 1 saturated carbocycles. The van der Waals surface area contributed by atoms with Crippen LogP contribution in [0.3, 0.4) is 0 Å². The van der Waals surface area contributed by atoms with Crippen LogP contribution in [0.2, 0.25) is 0 Å². The molecule has 10 heteroatoms. The number of amides is 3. The third-order valence-corrected chi connectivity index (χ3v) is 5.97. The van der Waals surface area contributed by atoms with Crippen molar-refractivity contribution in [1.29, 1.82) is 0 Å². The molecule has 0 spiro atoms. The molecule has 2 N–H and O–H groups in total. The number of nitrogens with zero attached hydrogens (tertiary/aromatic N) is 3. The van der Waals surface area contributed by atoms with Gasteiger partial charge >= 0.3 is 6.03 Å². The van der Waals surface area contributed by atoms with Crippen LogP contribution in [0, 0.1) is 0 Å². The number of imide groups is 1. The fraction of sp³-hybridized carbons (Fsp3) is 0.333. The van der Waals surface area contributed by atoms with E-state index in [0.717, 1.165) is 30.2 Å². The quantitative estimate of drug-likeness (QED) is 0.547. The maximum atomic E-state index is 12.1. The minimum Gasteiger partial charge on any atom is -0.467 e. The summed E-state index contributed by atoms with van der Waals surface area (Å²) in [7, 11) is 0. The van der Waals surface area contributed by atoms with Crippen LogP contribution in [0.25, 0.3) is 0 Å². The normalized spacial score (nSPS) is 13.4. The maximum Gasteiger partial charge on any atom is 0.321 e. The van der Waals surface area contributed by atoms with Crippen molar-refractivity contribution in [2.24, 2.45) is 0 Å². The van der Waals surface area contributed by atoms with E-state index >= 15 is 0 Å². The van der Waals surface area contributed by atoms with Gasteiger partial charge in [0.25, 0.3) is 0 Å². The first kappa shape index (κ1) is 18.8. The minimum atomic E-state index is -0.552. The van der Waals surface area contributed by atoms with Crippen LogP contribution in [0.15, 0.2) is 45.5 Å². The van der Waals surface area contributed by atoms with Gasteiger partial charge in [0.05, 0.1) is 18.6 Å². The van der Waals surface area contributed by atoms with E-state index in [2.05, 4.69) is 31.5 Å². The summed E-state index contributed by atoms with van der Waals surface area (Å²) in [6.07, 6.45) is 4.47. The zero-order chi connectivity index (χ0) is 19.3. The molecule has 0 radical (unpaired) electrons. The Bertz CT molecular complexity index is 933. The largest absolute Gasteiger partial charge is 0.467 e. The van der Waals surface area contributed by atoms with Gasteiger partial charge in [0.15, 0.2) is 5.16 Å². The Morgan fingerprint density at radius 2 is 2.18 bits per heavy atom. The molecule has 1 fully saturated rings. The molecule has 0 atom stereocenters. The first-order chi connectivity index (χ1) is 13.7. The van der Waals surface area contributed by atoms with E-state index in [0.29, 0.717) is 11.8 Å². The van der Waals surface area contributed by atoms with Gasteiger partial charge in [-0.25, -0.2) is 4.79 Å². The molecule has 1 aliphatic rings. The Morgan fingerprint density at radius 3 is 2.89 bits per heavy atom. The van der Waals surface area contributed by atoms with Crippen molar-refractivity contribution in [1.82, 2.24) is 25.4 Å². The van der Waals surface area contributed by atoms with E-state index in [4.69, 9.17) is 4.42 Å². The topological polar surface area (TPSA) is 102 Å². The highest BCUT2D eigenvalue weighted by Gasteiger charge is 2.30. The predicted octanol–water partition coefficient (Wildman–Crippen LogP) is 2.98. The highest BCUT2D eigenvalue weighted by molar-refractivity contribution is 7.99. The molecule has 0 aliphatic heterocycles. The van der Waals surface area contributed by atoms with Crippen LogP contribution < -0.4 is 10.6 Å². The molecule has 4 rings (SSSR count). The van der Waals surface area contributed by atoms with Crippen molar-refractivity contribution in [3.8, 4) is 0 Å².